The van der Waals surface area contributed by atoms with Crippen molar-refractivity contribution in [2.45, 2.75) is 13.8 Å². The van der Waals surface area contributed by atoms with Crippen LogP contribution in [0.2, 0.25) is 0 Å². The Morgan fingerprint density at radius 1 is 1.35 bits per heavy atom. The molecule has 0 bridgehead atoms. The van der Waals surface area contributed by atoms with Gasteiger partial charge in [-0.05, 0) is 19.9 Å². The van der Waals surface area contributed by atoms with E-state index in [1.54, 1.807) is 20.0 Å². The molecule has 1 aromatic carbocycles. The third-order valence-electron chi connectivity index (χ3n) is 2.99. The van der Waals surface area contributed by atoms with Crippen LogP contribution in [-0.4, -0.2) is 10.4 Å². The Hall–Kier alpha value is -2.08. The van der Waals surface area contributed by atoms with Crippen LogP contribution in [0.4, 0.5) is 0 Å². The van der Waals surface area contributed by atoms with E-state index in [9.17, 15) is 4.79 Å². The molecule has 0 amide bonds. The van der Waals surface area contributed by atoms with Gasteiger partial charge in [0.2, 0.25) is 0 Å². The molecule has 0 spiro atoms. The number of carbonyl (C=O) groups is 1. The van der Waals surface area contributed by atoms with Crippen molar-refractivity contribution < 1.29 is 4.79 Å². The summed E-state index contributed by atoms with van der Waals surface area (Å²) in [4.78, 5) is 12.3. The van der Waals surface area contributed by atoms with Crippen LogP contribution in [0.25, 0.3) is 10.9 Å². The smallest absolute Gasteiger partial charge is 0.184 e. The predicted molar refractivity (Wildman–Crippen MR) is 66.6 cm³/mol. The fraction of sp³-hybridized carbons (Fsp3) is 0.286. The van der Waals surface area contributed by atoms with Crippen LogP contribution in [-0.2, 0) is 7.05 Å². The lowest BCUT2D eigenvalue weighted by Gasteiger charge is -2.12. The molecular formula is C14H14N2O. The zero-order valence-electron chi connectivity index (χ0n) is 10.2. The van der Waals surface area contributed by atoms with Crippen LogP contribution in [0.1, 0.15) is 24.2 Å². The van der Waals surface area contributed by atoms with Crippen molar-refractivity contribution in [3.05, 3.63) is 36.0 Å². The van der Waals surface area contributed by atoms with E-state index in [1.807, 2.05) is 35.9 Å². The summed E-state index contributed by atoms with van der Waals surface area (Å²) in [5, 5.41) is 9.93. The van der Waals surface area contributed by atoms with E-state index in [4.69, 9.17) is 5.26 Å². The molecule has 0 saturated carbocycles. The molecule has 1 heterocycles. The Labute approximate surface area is 100 Å². The molecule has 2 rings (SSSR count). The predicted octanol–water partition coefficient (Wildman–Crippen LogP) is 2.91. The minimum atomic E-state index is -0.982. The number of carbonyl (C=O) groups excluding carboxylic acids is 1. The van der Waals surface area contributed by atoms with Crippen LogP contribution in [0.3, 0.4) is 0 Å². The Kier molecular flexibility index (Phi) is 2.51. The third-order valence-corrected chi connectivity index (χ3v) is 2.99. The topological polar surface area (TPSA) is 45.8 Å². The average Bonchev–Trinajstić information content (AvgIpc) is 2.66. The number of fused-ring (bicyclic) bond motifs is 1. The summed E-state index contributed by atoms with van der Waals surface area (Å²) in [6.07, 6.45) is 1.80. The first-order chi connectivity index (χ1) is 7.97. The number of aromatic nitrogens is 1. The van der Waals surface area contributed by atoms with Crippen molar-refractivity contribution >= 4 is 16.7 Å². The van der Waals surface area contributed by atoms with E-state index in [0.717, 1.165) is 10.9 Å². The van der Waals surface area contributed by atoms with Gasteiger partial charge in [-0.1, -0.05) is 18.2 Å². The summed E-state index contributed by atoms with van der Waals surface area (Å²) in [5.74, 6) is -0.128. The standard InChI is InChI=1S/C14H14N2O/c1-14(2,9-15)13(17)11-8-16(3)12-7-5-4-6-10(11)12/h4-8H,1-3H3. The number of nitrogens with zero attached hydrogens (tertiary/aromatic N) is 2. The summed E-state index contributed by atoms with van der Waals surface area (Å²) in [5.41, 5.74) is 0.642. The Bertz CT molecular complexity index is 629. The molecule has 0 radical (unpaired) electrons. The average molecular weight is 226 g/mol. The van der Waals surface area contributed by atoms with Gasteiger partial charge in [-0.15, -0.1) is 0 Å². The van der Waals surface area contributed by atoms with Gasteiger partial charge in [0.05, 0.1) is 6.07 Å². The molecule has 1 aromatic heterocycles. The molecule has 17 heavy (non-hydrogen) atoms. The van der Waals surface area contributed by atoms with E-state index in [0.29, 0.717) is 5.56 Å². The van der Waals surface area contributed by atoms with Gasteiger partial charge < -0.3 is 4.57 Å². The molecule has 0 saturated heterocycles. The van der Waals surface area contributed by atoms with E-state index < -0.39 is 5.41 Å². The number of rotatable bonds is 2. The number of hydrogen-bond acceptors (Lipinski definition) is 2. The van der Waals surface area contributed by atoms with Crippen molar-refractivity contribution in [2.24, 2.45) is 12.5 Å². The second-order valence-corrected chi connectivity index (χ2v) is 4.74. The highest BCUT2D eigenvalue weighted by Gasteiger charge is 2.30. The van der Waals surface area contributed by atoms with E-state index in [2.05, 4.69) is 6.07 Å². The van der Waals surface area contributed by atoms with Gasteiger partial charge in [-0.25, -0.2) is 0 Å². The second kappa shape index (κ2) is 3.74. The van der Waals surface area contributed by atoms with Gasteiger partial charge in [0.25, 0.3) is 0 Å². The van der Waals surface area contributed by atoms with Gasteiger partial charge in [0.1, 0.15) is 5.41 Å². The van der Waals surface area contributed by atoms with Crippen LogP contribution in [0.5, 0.6) is 0 Å². The van der Waals surface area contributed by atoms with Crippen LogP contribution in [0, 0.1) is 16.7 Å². The first-order valence-electron chi connectivity index (χ1n) is 5.47. The third kappa shape index (κ3) is 1.72. The molecule has 0 unspecified atom stereocenters. The van der Waals surface area contributed by atoms with Crippen LogP contribution < -0.4 is 0 Å². The van der Waals surface area contributed by atoms with Gasteiger partial charge >= 0.3 is 0 Å². The number of aryl methyl sites for hydroxylation is 1. The molecule has 3 nitrogen and oxygen atoms in total. The van der Waals surface area contributed by atoms with E-state index >= 15 is 0 Å². The second-order valence-electron chi connectivity index (χ2n) is 4.74. The van der Waals surface area contributed by atoms with E-state index in [1.165, 1.54) is 0 Å². The molecule has 86 valence electrons. The summed E-state index contributed by atoms with van der Waals surface area (Å²) in [6.45, 7) is 3.30. The first-order valence-corrected chi connectivity index (χ1v) is 5.47. The van der Waals surface area contributed by atoms with Crippen molar-refractivity contribution in [3.63, 3.8) is 0 Å². The highest BCUT2D eigenvalue weighted by Crippen LogP contribution is 2.27. The van der Waals surface area contributed by atoms with Crippen molar-refractivity contribution in [2.75, 3.05) is 0 Å². The quantitative estimate of drug-likeness (QED) is 0.739. The monoisotopic (exact) mass is 226 g/mol. The molecule has 0 aliphatic rings. The van der Waals surface area contributed by atoms with Crippen molar-refractivity contribution in [1.82, 2.24) is 4.57 Å². The Morgan fingerprint density at radius 2 is 2.00 bits per heavy atom. The molecular weight excluding hydrogens is 212 g/mol. The van der Waals surface area contributed by atoms with Crippen molar-refractivity contribution in [1.29, 1.82) is 5.26 Å². The number of benzene rings is 1. The summed E-state index contributed by atoms with van der Waals surface area (Å²) in [7, 11) is 1.90. The Morgan fingerprint density at radius 3 is 2.65 bits per heavy atom. The van der Waals surface area contributed by atoms with Gasteiger partial charge in [0, 0.05) is 29.7 Å². The lowest BCUT2D eigenvalue weighted by Crippen LogP contribution is -2.21. The van der Waals surface area contributed by atoms with Gasteiger partial charge in [-0.3, -0.25) is 4.79 Å². The Balaban J connectivity index is 2.66. The highest BCUT2D eigenvalue weighted by molar-refractivity contribution is 6.11. The molecule has 3 heteroatoms. The van der Waals surface area contributed by atoms with Gasteiger partial charge in [0.15, 0.2) is 5.78 Å². The summed E-state index contributed by atoms with van der Waals surface area (Å²) < 4.78 is 1.91. The minimum absolute atomic E-state index is 0.128. The molecule has 2 aromatic rings. The molecule has 0 fully saturated rings. The SMILES string of the molecule is Cn1cc(C(=O)C(C)(C)C#N)c2ccccc21. The number of ketones is 1. The molecule has 0 aliphatic carbocycles. The first kappa shape index (κ1) is 11.4. The van der Waals surface area contributed by atoms with Crippen LogP contribution >= 0.6 is 0 Å². The molecule has 0 N–H and O–H groups in total. The zero-order valence-corrected chi connectivity index (χ0v) is 10.2. The highest BCUT2D eigenvalue weighted by atomic mass is 16.1. The lowest BCUT2D eigenvalue weighted by molar-refractivity contribution is 0.0893. The minimum Gasteiger partial charge on any atom is -0.350 e. The maximum absolute atomic E-state index is 12.3. The molecule has 0 atom stereocenters. The fourth-order valence-electron chi connectivity index (χ4n) is 1.91. The number of nitriles is 1. The van der Waals surface area contributed by atoms with Crippen LogP contribution in [0.15, 0.2) is 30.5 Å². The number of Topliss-reactive ketones (excluding diaryl/α,β-unsaturated/α-hetero) is 1. The maximum atomic E-state index is 12.3. The number of hydrogen-bond donors (Lipinski definition) is 0. The van der Waals surface area contributed by atoms with Crippen molar-refractivity contribution in [3.8, 4) is 6.07 Å². The van der Waals surface area contributed by atoms with Gasteiger partial charge in [-0.2, -0.15) is 5.26 Å². The fourth-order valence-corrected chi connectivity index (χ4v) is 1.91. The lowest BCUT2D eigenvalue weighted by atomic mass is 9.86. The number of para-hydroxylation sites is 1. The molecule has 0 aliphatic heterocycles. The largest absolute Gasteiger partial charge is 0.350 e. The van der Waals surface area contributed by atoms with E-state index in [-0.39, 0.29) is 5.78 Å². The maximum Gasteiger partial charge on any atom is 0.184 e. The summed E-state index contributed by atoms with van der Waals surface area (Å²) in [6, 6.07) is 9.77. The normalized spacial score (nSPS) is 11.4. The summed E-state index contributed by atoms with van der Waals surface area (Å²) >= 11 is 0. The zero-order chi connectivity index (χ0) is 12.6.